The van der Waals surface area contributed by atoms with Gasteiger partial charge in [0.1, 0.15) is 22.3 Å². The van der Waals surface area contributed by atoms with Gasteiger partial charge in [0.2, 0.25) is 0 Å². The van der Waals surface area contributed by atoms with Crippen molar-refractivity contribution in [2.45, 2.75) is 12.8 Å². The number of fused-ring (bicyclic) bond motifs is 9. The highest BCUT2D eigenvalue weighted by molar-refractivity contribution is 6.18. The van der Waals surface area contributed by atoms with Crippen LogP contribution in [0.5, 0.6) is 0 Å². The van der Waals surface area contributed by atoms with E-state index in [1.165, 1.54) is 27.1 Å². The molecule has 0 saturated heterocycles. The lowest BCUT2D eigenvalue weighted by Crippen LogP contribution is -2.03. The number of aromatic nitrogens is 3. The number of nitrogens with zero attached hydrogens (tertiary/aromatic N) is 3. The standard InChI is InChI=1S/C63H39N3O2/c1-2-15-39(16-3-1)61-64-62(66-63(65-61)54-24-13-27-57-60(54)52-22-10-11-25-55(52)67-57)51-35-34-48(45-20-8-9-21-46(45)51)47-32-33-49(44-19-7-6-18-43(44)47)50-23-12-26-56-59(50)53-31-30-42(37-58(53)68-56)41-29-28-38-14-4-5-17-40(38)36-41/h2,4-37H,1,3H2. The highest BCUT2D eigenvalue weighted by Crippen LogP contribution is 2.45. The molecular weight excluding hydrogens is 831 g/mol. The molecular formula is C63H39N3O2. The average Bonchev–Trinajstić information content (AvgIpc) is 3.99. The SMILES string of the molecule is C1=CC(c2nc(-c3ccc(-c4ccc(-c5cccc6oc7cc(-c8ccc9ccccc9c8)ccc7c56)c5ccccc45)c4ccccc34)nc(-c3cccc4oc5ccccc5c34)n2)=CCC1. The zero-order valence-electron chi connectivity index (χ0n) is 36.8. The minimum absolute atomic E-state index is 0.613. The second-order valence-electron chi connectivity index (χ2n) is 17.7. The largest absolute Gasteiger partial charge is 0.456 e. The van der Waals surface area contributed by atoms with Crippen LogP contribution in [0.4, 0.5) is 0 Å². The van der Waals surface area contributed by atoms with Crippen molar-refractivity contribution in [1.82, 2.24) is 15.0 Å². The molecule has 3 aromatic heterocycles. The molecule has 1 aliphatic carbocycles. The first kappa shape index (κ1) is 38.3. The molecule has 0 saturated carbocycles. The molecule has 0 N–H and O–H groups in total. The first-order chi connectivity index (χ1) is 33.7. The minimum Gasteiger partial charge on any atom is -0.456 e. The Morgan fingerprint density at radius 1 is 0.324 bits per heavy atom. The Balaban J connectivity index is 0.906. The zero-order chi connectivity index (χ0) is 44.7. The van der Waals surface area contributed by atoms with Gasteiger partial charge in [-0.2, -0.15) is 0 Å². The van der Waals surface area contributed by atoms with Gasteiger partial charge in [0.05, 0.1) is 0 Å². The summed E-state index contributed by atoms with van der Waals surface area (Å²) in [5.74, 6) is 1.90. The third-order valence-electron chi connectivity index (χ3n) is 13.8. The van der Waals surface area contributed by atoms with Gasteiger partial charge in [-0.05, 0) is 121 Å². The number of hydrogen-bond acceptors (Lipinski definition) is 5. The molecule has 5 heteroatoms. The van der Waals surface area contributed by atoms with Crippen LogP contribution in [0.25, 0.3) is 138 Å². The van der Waals surface area contributed by atoms with E-state index in [-0.39, 0.29) is 0 Å². The van der Waals surface area contributed by atoms with E-state index >= 15 is 0 Å². The molecule has 3 heterocycles. The molecule has 1 aliphatic rings. The van der Waals surface area contributed by atoms with Crippen molar-refractivity contribution >= 4 is 81.8 Å². The van der Waals surface area contributed by atoms with E-state index in [2.05, 4.69) is 182 Å². The van der Waals surface area contributed by atoms with Gasteiger partial charge in [0, 0.05) is 38.2 Å². The van der Waals surface area contributed by atoms with Crippen LogP contribution < -0.4 is 0 Å². The lowest BCUT2D eigenvalue weighted by molar-refractivity contribution is 0.668. The normalized spacial score (nSPS) is 12.9. The Labute approximate surface area is 391 Å². The van der Waals surface area contributed by atoms with Crippen LogP contribution in [0.3, 0.4) is 0 Å². The van der Waals surface area contributed by atoms with Gasteiger partial charge in [0.25, 0.3) is 0 Å². The van der Waals surface area contributed by atoms with E-state index in [0.717, 1.165) is 112 Å². The van der Waals surface area contributed by atoms with Gasteiger partial charge in [-0.25, -0.2) is 15.0 Å². The molecule has 0 bridgehead atoms. The molecule has 0 unspecified atom stereocenters. The molecule has 0 radical (unpaired) electrons. The fraction of sp³-hybridized carbons (Fsp3) is 0.0317. The van der Waals surface area contributed by atoms with Crippen molar-refractivity contribution in [3.8, 4) is 56.2 Å². The van der Waals surface area contributed by atoms with E-state index in [1.54, 1.807) is 0 Å². The smallest absolute Gasteiger partial charge is 0.164 e. The number of benzene rings is 10. The van der Waals surface area contributed by atoms with Crippen LogP contribution in [0, 0.1) is 0 Å². The van der Waals surface area contributed by atoms with Crippen molar-refractivity contribution in [3.05, 3.63) is 218 Å². The molecule has 0 atom stereocenters. The van der Waals surface area contributed by atoms with E-state index in [9.17, 15) is 0 Å². The molecule has 0 aliphatic heterocycles. The topological polar surface area (TPSA) is 65.0 Å². The highest BCUT2D eigenvalue weighted by atomic mass is 16.3. The second-order valence-corrected chi connectivity index (χ2v) is 17.7. The molecule has 68 heavy (non-hydrogen) atoms. The zero-order valence-corrected chi connectivity index (χ0v) is 36.8. The first-order valence-electron chi connectivity index (χ1n) is 23.2. The van der Waals surface area contributed by atoms with Gasteiger partial charge in [-0.1, -0.05) is 170 Å². The fourth-order valence-electron chi connectivity index (χ4n) is 10.6. The Morgan fingerprint density at radius 2 is 0.838 bits per heavy atom. The second kappa shape index (κ2) is 15.3. The number of para-hydroxylation sites is 1. The minimum atomic E-state index is 0.613. The maximum absolute atomic E-state index is 6.65. The van der Waals surface area contributed by atoms with E-state index in [4.69, 9.17) is 23.8 Å². The Bertz CT molecular complexity index is 4280. The Morgan fingerprint density at radius 3 is 1.56 bits per heavy atom. The maximum atomic E-state index is 6.65. The van der Waals surface area contributed by atoms with Crippen LogP contribution in [0.2, 0.25) is 0 Å². The molecule has 10 aromatic carbocycles. The average molecular weight is 870 g/mol. The summed E-state index contributed by atoms with van der Waals surface area (Å²) in [5.41, 5.74) is 13.2. The summed E-state index contributed by atoms with van der Waals surface area (Å²) in [6.07, 6.45) is 8.50. The first-order valence-corrected chi connectivity index (χ1v) is 23.2. The summed E-state index contributed by atoms with van der Waals surface area (Å²) in [5, 5.41) is 11.2. The highest BCUT2D eigenvalue weighted by Gasteiger charge is 2.22. The van der Waals surface area contributed by atoms with Crippen LogP contribution in [0.15, 0.2) is 221 Å². The number of furan rings is 2. The van der Waals surface area contributed by atoms with Gasteiger partial charge >= 0.3 is 0 Å². The van der Waals surface area contributed by atoms with Gasteiger partial charge < -0.3 is 8.83 Å². The van der Waals surface area contributed by atoms with Crippen molar-refractivity contribution in [2.24, 2.45) is 0 Å². The summed E-state index contributed by atoms with van der Waals surface area (Å²) in [7, 11) is 0. The van der Waals surface area contributed by atoms with Gasteiger partial charge in [-0.3, -0.25) is 0 Å². The Kier molecular flexibility index (Phi) is 8.65. The van der Waals surface area contributed by atoms with Crippen molar-refractivity contribution in [3.63, 3.8) is 0 Å². The molecule has 0 spiro atoms. The van der Waals surface area contributed by atoms with E-state index < -0.39 is 0 Å². The summed E-state index contributed by atoms with van der Waals surface area (Å²) in [6.45, 7) is 0. The summed E-state index contributed by atoms with van der Waals surface area (Å²) in [4.78, 5) is 15.7. The predicted octanol–water partition coefficient (Wildman–Crippen LogP) is 17.2. The monoisotopic (exact) mass is 869 g/mol. The van der Waals surface area contributed by atoms with Crippen molar-refractivity contribution in [1.29, 1.82) is 0 Å². The van der Waals surface area contributed by atoms with Crippen molar-refractivity contribution < 1.29 is 8.83 Å². The van der Waals surface area contributed by atoms with E-state index in [1.807, 2.05) is 30.3 Å². The molecule has 5 nitrogen and oxygen atoms in total. The molecule has 13 aromatic rings. The predicted molar refractivity (Wildman–Crippen MR) is 280 cm³/mol. The van der Waals surface area contributed by atoms with Crippen LogP contribution in [-0.4, -0.2) is 15.0 Å². The molecule has 0 amide bonds. The summed E-state index contributed by atoms with van der Waals surface area (Å²) < 4.78 is 13.0. The third kappa shape index (κ3) is 6.13. The summed E-state index contributed by atoms with van der Waals surface area (Å²) in [6, 6.07) is 68.9. The third-order valence-corrected chi connectivity index (χ3v) is 13.8. The Hall–Kier alpha value is -8.93. The lowest BCUT2D eigenvalue weighted by Gasteiger charge is -2.16. The molecule has 318 valence electrons. The summed E-state index contributed by atoms with van der Waals surface area (Å²) >= 11 is 0. The number of allylic oxidation sites excluding steroid dienone is 4. The van der Waals surface area contributed by atoms with Gasteiger partial charge in [0.15, 0.2) is 17.5 Å². The molecule has 14 rings (SSSR count). The fourth-order valence-corrected chi connectivity index (χ4v) is 10.6. The lowest BCUT2D eigenvalue weighted by atomic mass is 9.88. The number of rotatable bonds is 6. The van der Waals surface area contributed by atoms with Gasteiger partial charge in [-0.15, -0.1) is 0 Å². The van der Waals surface area contributed by atoms with Crippen LogP contribution in [-0.2, 0) is 0 Å². The number of hydrogen-bond donors (Lipinski definition) is 0. The quantitative estimate of drug-likeness (QED) is 0.167. The van der Waals surface area contributed by atoms with Crippen LogP contribution >= 0.6 is 0 Å². The maximum Gasteiger partial charge on any atom is 0.164 e. The van der Waals surface area contributed by atoms with E-state index in [0.29, 0.717) is 17.5 Å². The van der Waals surface area contributed by atoms with Crippen LogP contribution in [0.1, 0.15) is 18.7 Å². The van der Waals surface area contributed by atoms with Crippen molar-refractivity contribution in [2.75, 3.05) is 0 Å². The molecule has 0 fully saturated rings.